The van der Waals surface area contributed by atoms with E-state index in [4.69, 9.17) is 0 Å². The lowest BCUT2D eigenvalue weighted by molar-refractivity contribution is -0.333. The molecule has 1 fully saturated rings. The Bertz CT molecular complexity index is 795. The summed E-state index contributed by atoms with van der Waals surface area (Å²) in [4.78, 5) is 0. The largest absolute Gasteiger partial charge is 0.559 e. The fraction of sp³-hybridized carbons (Fsp3) is 0.500. The Balaban J connectivity index is 0. The van der Waals surface area contributed by atoms with E-state index in [1.165, 1.54) is 0 Å². The van der Waals surface area contributed by atoms with Gasteiger partial charge in [-0.25, -0.2) is 0 Å². The topological polar surface area (TPSA) is 46.2 Å². The van der Waals surface area contributed by atoms with E-state index < -0.39 is 60.6 Å². The van der Waals surface area contributed by atoms with E-state index >= 15 is 0 Å². The SMILES string of the molecule is C=COC(F)(F)C(F)(F)C=C(F)F.CC1(C(F)(F)F)OC=C(F)O1.FC(F)(F)F.FC(F)=C1OCCO1. The molecule has 0 amide bonds. The van der Waals surface area contributed by atoms with E-state index in [1.807, 2.05) is 0 Å². The second-order valence-electron chi connectivity index (χ2n) is 5.62. The molecule has 0 bridgehead atoms. The van der Waals surface area contributed by atoms with Crippen molar-refractivity contribution < 1.29 is 93.9 Å². The summed E-state index contributed by atoms with van der Waals surface area (Å²) in [6.45, 7) is 3.65. The molecule has 0 N–H and O–H groups in total. The molecule has 1 unspecified atom stereocenters. The summed E-state index contributed by atoms with van der Waals surface area (Å²) in [7, 11) is 0. The van der Waals surface area contributed by atoms with Crippen LogP contribution in [0.15, 0.2) is 49.3 Å². The van der Waals surface area contributed by atoms with Crippen LogP contribution in [0, 0.1) is 0 Å². The van der Waals surface area contributed by atoms with Crippen LogP contribution in [0.5, 0.6) is 0 Å². The number of hydrogen-bond acceptors (Lipinski definition) is 5. The molecule has 21 heteroatoms. The van der Waals surface area contributed by atoms with Gasteiger partial charge in [-0.15, -0.1) is 17.6 Å². The van der Waals surface area contributed by atoms with Crippen molar-refractivity contribution >= 4 is 0 Å². The minimum atomic E-state index is -5.50. The molecule has 218 valence electrons. The smallest absolute Gasteiger partial charge is 0.458 e. The van der Waals surface area contributed by atoms with Gasteiger partial charge < -0.3 is 23.7 Å². The maximum absolute atomic E-state index is 12.2. The molecule has 0 aliphatic carbocycles. The Morgan fingerprint density at radius 3 is 1.57 bits per heavy atom. The van der Waals surface area contributed by atoms with Crippen LogP contribution in [0.25, 0.3) is 0 Å². The fourth-order valence-electron chi connectivity index (χ4n) is 1.34. The molecule has 0 aromatic heterocycles. The van der Waals surface area contributed by atoms with E-state index in [2.05, 4.69) is 30.3 Å². The molecular formula is C16H12F16O5. The third kappa shape index (κ3) is 14.9. The van der Waals surface area contributed by atoms with Gasteiger partial charge in [0, 0.05) is 6.92 Å². The van der Waals surface area contributed by atoms with Crippen LogP contribution in [0.1, 0.15) is 6.92 Å². The van der Waals surface area contributed by atoms with Crippen molar-refractivity contribution in [3.63, 3.8) is 0 Å². The van der Waals surface area contributed by atoms with Crippen LogP contribution in [0.4, 0.5) is 70.2 Å². The van der Waals surface area contributed by atoms with Gasteiger partial charge in [-0.1, -0.05) is 6.58 Å². The minimum Gasteiger partial charge on any atom is -0.458 e. The second-order valence-corrected chi connectivity index (χ2v) is 5.62. The van der Waals surface area contributed by atoms with Gasteiger partial charge in [0.15, 0.2) is 6.26 Å². The molecule has 5 nitrogen and oxygen atoms in total. The highest BCUT2D eigenvalue weighted by Crippen LogP contribution is 2.40. The van der Waals surface area contributed by atoms with Crippen LogP contribution in [0.2, 0.25) is 0 Å². The van der Waals surface area contributed by atoms with Crippen LogP contribution >= 0.6 is 0 Å². The third-order valence-corrected chi connectivity index (χ3v) is 2.80. The van der Waals surface area contributed by atoms with Crippen LogP contribution < -0.4 is 0 Å². The molecule has 0 aromatic carbocycles. The van der Waals surface area contributed by atoms with Gasteiger partial charge in [-0.05, 0) is 0 Å². The molecule has 1 saturated heterocycles. The summed E-state index contributed by atoms with van der Waals surface area (Å²) in [6.07, 6.45) is -20.9. The highest BCUT2D eigenvalue weighted by molar-refractivity contribution is 5.00. The van der Waals surface area contributed by atoms with Crippen LogP contribution in [-0.4, -0.2) is 43.6 Å². The van der Waals surface area contributed by atoms with Crippen molar-refractivity contribution in [2.45, 2.75) is 37.3 Å². The average Bonchev–Trinajstić information content (AvgIpc) is 3.30. The minimum absolute atomic E-state index is 0.0396. The highest BCUT2D eigenvalue weighted by Gasteiger charge is 2.59. The molecule has 1 atom stereocenters. The Hall–Kier alpha value is -3.16. The lowest BCUT2D eigenvalue weighted by Crippen LogP contribution is -2.43. The van der Waals surface area contributed by atoms with Gasteiger partial charge >= 0.3 is 48.5 Å². The summed E-state index contributed by atoms with van der Waals surface area (Å²) in [6, 6.07) is -1.37. The zero-order valence-corrected chi connectivity index (χ0v) is 17.4. The standard InChI is InChI=1S/C6H4F6O.C5H4F4O2.C4H4F2O2.CF4/c1-2-13-6(11,12)5(9,10)3-4(7)8;1-4(5(7,8)9)10-2-3(6)11-4;5-3(6)4-7-1-2-8-4;2-1(3,4)5/h2-3H,1H2;2H,1H3;1-2H2;. The maximum Gasteiger partial charge on any atom is 0.559 e. The first-order chi connectivity index (χ1) is 16.4. The molecule has 0 radical (unpaired) electrons. The molecule has 2 rings (SSSR count). The Morgan fingerprint density at radius 1 is 0.919 bits per heavy atom. The van der Waals surface area contributed by atoms with E-state index in [-0.39, 0.29) is 25.7 Å². The fourth-order valence-corrected chi connectivity index (χ4v) is 1.34. The van der Waals surface area contributed by atoms with Crippen LogP contribution in [0.3, 0.4) is 0 Å². The molecule has 0 spiro atoms. The highest BCUT2D eigenvalue weighted by atomic mass is 19.5. The lowest BCUT2D eigenvalue weighted by atomic mass is 10.3. The van der Waals surface area contributed by atoms with Gasteiger partial charge in [0.25, 0.3) is 6.08 Å². The molecule has 2 aliphatic heterocycles. The lowest BCUT2D eigenvalue weighted by Gasteiger charge is -2.24. The van der Waals surface area contributed by atoms with Crippen molar-refractivity contribution in [3.8, 4) is 0 Å². The average molecular weight is 588 g/mol. The summed E-state index contributed by atoms with van der Waals surface area (Å²) in [5, 5.41) is 0. The van der Waals surface area contributed by atoms with Crippen molar-refractivity contribution in [1.82, 2.24) is 0 Å². The second kappa shape index (κ2) is 14.0. The molecule has 37 heavy (non-hydrogen) atoms. The number of halogens is 16. The molecule has 2 aliphatic rings. The van der Waals surface area contributed by atoms with E-state index in [9.17, 15) is 70.2 Å². The quantitative estimate of drug-likeness (QED) is 0.248. The summed E-state index contributed by atoms with van der Waals surface area (Å²) >= 11 is 0. The van der Waals surface area contributed by atoms with Gasteiger partial charge in [0.05, 0.1) is 12.3 Å². The normalized spacial score (nSPS) is 18.8. The Labute approximate surface area is 195 Å². The predicted molar refractivity (Wildman–Crippen MR) is 85.6 cm³/mol. The molecule has 2 heterocycles. The van der Waals surface area contributed by atoms with E-state index in [0.717, 1.165) is 0 Å². The van der Waals surface area contributed by atoms with Gasteiger partial charge in [0.2, 0.25) is 0 Å². The van der Waals surface area contributed by atoms with Gasteiger partial charge in [0.1, 0.15) is 13.2 Å². The summed E-state index contributed by atoms with van der Waals surface area (Å²) in [5.74, 6) is -8.55. The number of ether oxygens (including phenoxy) is 5. The molecular weight excluding hydrogens is 576 g/mol. The van der Waals surface area contributed by atoms with Gasteiger partial charge in [-0.2, -0.15) is 52.7 Å². The Kier molecular flexibility index (Phi) is 13.6. The van der Waals surface area contributed by atoms with Gasteiger partial charge in [-0.3, -0.25) is 0 Å². The third-order valence-electron chi connectivity index (χ3n) is 2.80. The first kappa shape index (κ1) is 36.0. The van der Waals surface area contributed by atoms with Crippen molar-refractivity contribution in [2.24, 2.45) is 0 Å². The zero-order chi connectivity index (χ0) is 29.9. The van der Waals surface area contributed by atoms with Crippen LogP contribution in [-0.2, 0) is 23.7 Å². The van der Waals surface area contributed by atoms with E-state index in [1.54, 1.807) is 0 Å². The summed E-state index contributed by atoms with van der Waals surface area (Å²) in [5.41, 5.74) is 0. The number of hydrogen-bond donors (Lipinski definition) is 0. The Morgan fingerprint density at radius 2 is 1.35 bits per heavy atom. The predicted octanol–water partition coefficient (Wildman–Crippen LogP) is 7.81. The summed E-state index contributed by atoms with van der Waals surface area (Å²) < 4.78 is 200. The molecule has 0 aromatic rings. The molecule has 0 saturated carbocycles. The maximum atomic E-state index is 12.2. The zero-order valence-electron chi connectivity index (χ0n) is 17.4. The first-order valence-electron chi connectivity index (χ1n) is 8.32. The van der Waals surface area contributed by atoms with Crippen molar-refractivity contribution in [1.29, 1.82) is 0 Å². The monoisotopic (exact) mass is 588 g/mol. The first-order valence-corrected chi connectivity index (χ1v) is 8.32. The van der Waals surface area contributed by atoms with Crippen molar-refractivity contribution in [2.75, 3.05) is 13.2 Å². The van der Waals surface area contributed by atoms with E-state index in [0.29, 0.717) is 6.92 Å². The van der Waals surface area contributed by atoms with Crippen molar-refractivity contribution in [3.05, 3.63) is 49.3 Å². The number of alkyl halides is 11. The number of rotatable bonds is 4.